The highest BCUT2D eigenvalue weighted by Gasteiger charge is 2.34. The third kappa shape index (κ3) is 1.31. The average molecular weight is 160 g/mol. The Bertz CT molecular complexity index is 178. The van der Waals surface area contributed by atoms with Crippen molar-refractivity contribution in [3.63, 3.8) is 0 Å². The molecule has 0 unspecified atom stereocenters. The first kappa shape index (κ1) is 7.60. The van der Waals surface area contributed by atoms with Gasteiger partial charge in [0.25, 0.3) is 0 Å². The van der Waals surface area contributed by atoms with Crippen LogP contribution in [0.5, 0.6) is 0 Å². The van der Waals surface area contributed by atoms with E-state index in [1.807, 2.05) is 0 Å². The fraction of sp³-hybridized carbons (Fsp3) is 0.667. The van der Waals surface area contributed by atoms with Crippen molar-refractivity contribution in [2.75, 3.05) is 0 Å². The molecule has 0 aromatic heterocycles. The zero-order valence-electron chi connectivity index (χ0n) is 5.53. The van der Waals surface area contributed by atoms with Gasteiger partial charge >= 0.3 is 5.97 Å². The monoisotopic (exact) mass is 160 g/mol. The first-order chi connectivity index (χ1) is 4.61. The topological polar surface area (TPSA) is 54.4 Å². The third-order valence-electron chi connectivity index (χ3n) is 1.48. The first-order valence-corrected chi connectivity index (χ1v) is 3.96. The van der Waals surface area contributed by atoms with Gasteiger partial charge in [-0.05, 0) is 6.92 Å². The summed E-state index contributed by atoms with van der Waals surface area (Å²) in [5.41, 5.74) is 0. The predicted molar refractivity (Wildman–Crippen MR) is 38.1 cm³/mol. The van der Waals surface area contributed by atoms with Gasteiger partial charge in [-0.25, -0.2) is 0 Å². The summed E-state index contributed by atoms with van der Waals surface area (Å²) in [6.45, 7) is 1.75. The number of carbonyl (C=O) groups excluding carboxylic acids is 1. The standard InChI is InChI=1S/C6H8O3S/c1-3-4(7)2-5(10-3)6(8)9/h3,5H,2H2,1H3,(H,8,9)/t3-,5+/m0/s1. The Labute approximate surface area is 62.8 Å². The second kappa shape index (κ2) is 2.62. The Morgan fingerprint density at radius 1 is 1.80 bits per heavy atom. The summed E-state index contributed by atoms with van der Waals surface area (Å²) < 4.78 is 0. The van der Waals surface area contributed by atoms with E-state index >= 15 is 0 Å². The Morgan fingerprint density at radius 3 is 2.60 bits per heavy atom. The van der Waals surface area contributed by atoms with Gasteiger partial charge in [-0.1, -0.05) is 0 Å². The van der Waals surface area contributed by atoms with E-state index in [9.17, 15) is 9.59 Å². The van der Waals surface area contributed by atoms with Crippen LogP contribution >= 0.6 is 11.8 Å². The summed E-state index contributed by atoms with van der Waals surface area (Å²) in [7, 11) is 0. The van der Waals surface area contributed by atoms with E-state index in [-0.39, 0.29) is 17.5 Å². The Hall–Kier alpha value is -0.510. The van der Waals surface area contributed by atoms with Crippen molar-refractivity contribution >= 4 is 23.5 Å². The molecule has 0 radical (unpaired) electrons. The fourth-order valence-electron chi connectivity index (χ4n) is 0.865. The molecule has 3 nitrogen and oxygen atoms in total. The Kier molecular flexibility index (Phi) is 1.99. The molecule has 56 valence electrons. The molecule has 2 atom stereocenters. The molecule has 1 aliphatic heterocycles. The number of rotatable bonds is 1. The van der Waals surface area contributed by atoms with Gasteiger partial charge in [0.1, 0.15) is 11.0 Å². The first-order valence-electron chi connectivity index (χ1n) is 3.02. The molecule has 1 aliphatic rings. The number of hydrogen-bond donors (Lipinski definition) is 1. The van der Waals surface area contributed by atoms with E-state index < -0.39 is 11.2 Å². The lowest BCUT2D eigenvalue weighted by molar-refractivity contribution is -0.137. The van der Waals surface area contributed by atoms with Crippen LogP contribution in [0.3, 0.4) is 0 Å². The van der Waals surface area contributed by atoms with Crippen LogP contribution in [-0.2, 0) is 9.59 Å². The van der Waals surface area contributed by atoms with E-state index in [2.05, 4.69) is 0 Å². The zero-order valence-corrected chi connectivity index (χ0v) is 6.35. The van der Waals surface area contributed by atoms with Crippen molar-refractivity contribution in [3.05, 3.63) is 0 Å². The lowest BCUT2D eigenvalue weighted by atomic mass is 10.2. The maximum atomic E-state index is 10.8. The maximum absolute atomic E-state index is 10.8. The molecule has 0 aromatic rings. The van der Waals surface area contributed by atoms with Gasteiger partial charge < -0.3 is 5.11 Å². The minimum absolute atomic E-state index is 0.0531. The molecule has 10 heavy (non-hydrogen) atoms. The van der Waals surface area contributed by atoms with Crippen molar-refractivity contribution in [2.24, 2.45) is 0 Å². The number of aliphatic carboxylic acids is 1. The Balaban J connectivity index is 2.57. The molecular weight excluding hydrogens is 152 g/mol. The normalized spacial score (nSPS) is 32.7. The smallest absolute Gasteiger partial charge is 0.317 e. The lowest BCUT2D eigenvalue weighted by Crippen LogP contribution is -2.13. The van der Waals surface area contributed by atoms with Gasteiger partial charge in [0.15, 0.2) is 0 Å². The number of ketones is 1. The predicted octanol–water partition coefficient (Wildman–Crippen LogP) is 0.534. The highest BCUT2D eigenvalue weighted by molar-refractivity contribution is 8.02. The summed E-state index contributed by atoms with van der Waals surface area (Å²) in [6.07, 6.45) is 0.196. The molecule has 1 saturated heterocycles. The van der Waals surface area contributed by atoms with Gasteiger partial charge in [0.2, 0.25) is 0 Å². The van der Waals surface area contributed by atoms with Crippen LogP contribution in [0.1, 0.15) is 13.3 Å². The van der Waals surface area contributed by atoms with Crippen LogP contribution in [0, 0.1) is 0 Å². The van der Waals surface area contributed by atoms with E-state index in [1.165, 1.54) is 11.8 Å². The molecule has 1 fully saturated rings. The average Bonchev–Trinajstić information content (AvgIpc) is 2.13. The van der Waals surface area contributed by atoms with E-state index in [4.69, 9.17) is 5.11 Å². The van der Waals surface area contributed by atoms with Crippen molar-refractivity contribution in [1.29, 1.82) is 0 Å². The number of carboxylic acid groups (broad SMARTS) is 1. The van der Waals surface area contributed by atoms with Crippen molar-refractivity contribution < 1.29 is 14.7 Å². The summed E-state index contributed by atoms with van der Waals surface area (Å²) in [5, 5.41) is 7.85. The lowest BCUT2D eigenvalue weighted by Gasteiger charge is -1.98. The molecule has 1 rings (SSSR count). The van der Waals surface area contributed by atoms with Gasteiger partial charge in [0.05, 0.1) is 5.25 Å². The SMILES string of the molecule is C[C@@H]1S[C@@H](C(=O)O)CC1=O. The van der Waals surface area contributed by atoms with Crippen LogP contribution in [0.4, 0.5) is 0 Å². The maximum Gasteiger partial charge on any atom is 0.317 e. The molecule has 0 aliphatic carbocycles. The largest absolute Gasteiger partial charge is 0.480 e. The quantitative estimate of drug-likeness (QED) is 0.608. The highest BCUT2D eigenvalue weighted by Crippen LogP contribution is 2.30. The van der Waals surface area contributed by atoms with Gasteiger partial charge in [-0.3, -0.25) is 9.59 Å². The number of thioether (sulfide) groups is 1. The number of hydrogen-bond acceptors (Lipinski definition) is 3. The summed E-state index contributed by atoms with van der Waals surface area (Å²) in [5.74, 6) is -0.819. The number of Topliss-reactive ketones (excluding diaryl/α,β-unsaturated/α-hetero) is 1. The summed E-state index contributed by atoms with van der Waals surface area (Å²) in [4.78, 5) is 21.1. The highest BCUT2D eigenvalue weighted by atomic mass is 32.2. The van der Waals surface area contributed by atoms with Crippen LogP contribution in [0.2, 0.25) is 0 Å². The van der Waals surface area contributed by atoms with E-state index in [1.54, 1.807) is 6.92 Å². The zero-order chi connectivity index (χ0) is 7.72. The molecule has 1 heterocycles. The minimum Gasteiger partial charge on any atom is -0.480 e. The van der Waals surface area contributed by atoms with Crippen LogP contribution in [-0.4, -0.2) is 27.4 Å². The molecule has 4 heteroatoms. The van der Waals surface area contributed by atoms with Gasteiger partial charge in [-0.15, -0.1) is 11.8 Å². The van der Waals surface area contributed by atoms with Crippen LogP contribution in [0.15, 0.2) is 0 Å². The molecule has 0 saturated carbocycles. The number of carbonyl (C=O) groups is 2. The second-order valence-electron chi connectivity index (χ2n) is 2.28. The third-order valence-corrected chi connectivity index (χ3v) is 2.85. The second-order valence-corrected chi connectivity index (χ2v) is 3.82. The molecule has 0 aromatic carbocycles. The Morgan fingerprint density at radius 2 is 2.40 bits per heavy atom. The molecule has 0 bridgehead atoms. The molecular formula is C6H8O3S. The molecule has 0 spiro atoms. The van der Waals surface area contributed by atoms with Crippen molar-refractivity contribution in [1.82, 2.24) is 0 Å². The minimum atomic E-state index is -0.872. The molecule has 0 amide bonds. The fourth-order valence-corrected chi connectivity index (χ4v) is 1.98. The summed E-state index contributed by atoms with van der Waals surface area (Å²) >= 11 is 1.23. The van der Waals surface area contributed by atoms with Crippen molar-refractivity contribution in [2.45, 2.75) is 23.8 Å². The molecule has 1 N–H and O–H groups in total. The van der Waals surface area contributed by atoms with Crippen molar-refractivity contribution in [3.8, 4) is 0 Å². The van der Waals surface area contributed by atoms with E-state index in [0.29, 0.717) is 0 Å². The summed E-state index contributed by atoms with van der Waals surface area (Å²) in [6, 6.07) is 0. The van der Waals surface area contributed by atoms with Gasteiger partial charge in [0, 0.05) is 6.42 Å². The van der Waals surface area contributed by atoms with Gasteiger partial charge in [-0.2, -0.15) is 0 Å². The number of carboxylic acids is 1. The van der Waals surface area contributed by atoms with Crippen LogP contribution in [0.25, 0.3) is 0 Å². The van der Waals surface area contributed by atoms with Crippen LogP contribution < -0.4 is 0 Å². The van der Waals surface area contributed by atoms with E-state index in [0.717, 1.165) is 0 Å².